The minimum absolute atomic E-state index is 0.0113. The number of allylic oxidation sites excluding steroid dienone is 1. The number of benzene rings is 1. The van der Waals surface area contributed by atoms with E-state index < -0.39 is 62.1 Å². The van der Waals surface area contributed by atoms with Gasteiger partial charge in [-0.2, -0.15) is 0 Å². The van der Waals surface area contributed by atoms with Gasteiger partial charge < -0.3 is 24.4 Å². The largest absolute Gasteiger partial charge is 0.497 e. The molecule has 4 aliphatic rings. The first kappa shape index (κ1) is 39.4. The molecule has 0 radical (unpaired) electrons. The van der Waals surface area contributed by atoms with Gasteiger partial charge in [0.1, 0.15) is 35.2 Å². The molecule has 2 aliphatic carbocycles. The SMILES string of the molecule is COc1ccc2nc(C)c(O[C@@H]3C[C@H]4C(=O)N[C@]5(C(=O)NS(=O)(=O)C6(C)CC6)C[C@H]5/C=C\CCCCC[C@H](CC(=O)O[C@@H](C)C(C)C)C(=O)N4C3)nc2c1. The number of hydrogen-bond donors (Lipinski definition) is 2. The van der Waals surface area contributed by atoms with Gasteiger partial charge in [-0.3, -0.25) is 23.9 Å². The number of carbonyl (C=O) groups is 4. The summed E-state index contributed by atoms with van der Waals surface area (Å²) in [5.41, 5.74) is 0.198. The van der Waals surface area contributed by atoms with Crippen LogP contribution in [0.4, 0.5) is 0 Å². The highest BCUT2D eigenvalue weighted by Gasteiger charge is 2.63. The molecule has 0 unspecified atom stereocenters. The van der Waals surface area contributed by atoms with Crippen molar-refractivity contribution in [2.45, 2.75) is 127 Å². The minimum Gasteiger partial charge on any atom is -0.497 e. The average molecular weight is 768 g/mol. The molecule has 15 heteroatoms. The third-order valence-corrected chi connectivity index (χ3v) is 13.7. The van der Waals surface area contributed by atoms with E-state index in [1.807, 2.05) is 32.9 Å². The Balaban J connectivity index is 1.31. The molecule has 6 rings (SSSR count). The molecule has 6 atom stereocenters. The van der Waals surface area contributed by atoms with Crippen LogP contribution in [0.15, 0.2) is 30.4 Å². The number of sulfonamides is 1. The fraction of sp³-hybridized carbons (Fsp3) is 0.641. The molecule has 2 aromatic rings. The van der Waals surface area contributed by atoms with Crippen LogP contribution in [0.5, 0.6) is 11.6 Å². The number of aryl methyl sites for hydroxylation is 1. The molecule has 294 valence electrons. The van der Waals surface area contributed by atoms with E-state index in [0.717, 1.165) is 12.8 Å². The number of rotatable bonds is 10. The number of carbonyl (C=O) groups excluding carboxylic acids is 4. The van der Waals surface area contributed by atoms with Gasteiger partial charge in [0.2, 0.25) is 27.7 Å². The Bertz CT molecular complexity index is 1930. The van der Waals surface area contributed by atoms with Crippen LogP contribution in [-0.4, -0.2) is 89.2 Å². The van der Waals surface area contributed by atoms with E-state index in [1.54, 1.807) is 39.2 Å². The molecule has 1 aromatic carbocycles. The van der Waals surface area contributed by atoms with E-state index >= 15 is 0 Å². The Morgan fingerprint density at radius 1 is 1.09 bits per heavy atom. The second-order valence-electron chi connectivity index (χ2n) is 16.0. The van der Waals surface area contributed by atoms with Crippen molar-refractivity contribution in [1.29, 1.82) is 0 Å². The Labute approximate surface area is 317 Å². The van der Waals surface area contributed by atoms with E-state index in [0.29, 0.717) is 54.6 Å². The second kappa shape index (κ2) is 15.5. The third kappa shape index (κ3) is 8.35. The number of esters is 1. The lowest BCUT2D eigenvalue weighted by Gasteiger charge is -2.29. The van der Waals surface area contributed by atoms with Crippen LogP contribution in [0.1, 0.15) is 97.6 Å². The first-order chi connectivity index (χ1) is 25.6. The highest BCUT2D eigenvalue weighted by Crippen LogP contribution is 2.47. The summed E-state index contributed by atoms with van der Waals surface area (Å²) in [5.74, 6) is -2.51. The highest BCUT2D eigenvalue weighted by atomic mass is 32.2. The fourth-order valence-electron chi connectivity index (χ4n) is 7.17. The summed E-state index contributed by atoms with van der Waals surface area (Å²) < 4.78 is 44.9. The van der Waals surface area contributed by atoms with Gasteiger partial charge >= 0.3 is 5.97 Å². The van der Waals surface area contributed by atoms with Crippen molar-refractivity contribution in [2.75, 3.05) is 13.7 Å². The van der Waals surface area contributed by atoms with Gasteiger partial charge in [-0.05, 0) is 77.3 Å². The number of methoxy groups -OCH3 is 1. The molecule has 0 spiro atoms. The van der Waals surface area contributed by atoms with Crippen LogP contribution in [0, 0.1) is 24.7 Å². The van der Waals surface area contributed by atoms with Gasteiger partial charge in [-0.15, -0.1) is 0 Å². The Hall–Kier alpha value is -4.27. The number of aromatic nitrogens is 2. The monoisotopic (exact) mass is 767 g/mol. The van der Waals surface area contributed by atoms with Crippen molar-refractivity contribution in [2.24, 2.45) is 17.8 Å². The first-order valence-corrected chi connectivity index (χ1v) is 20.6. The predicted molar refractivity (Wildman–Crippen MR) is 200 cm³/mol. The molecule has 2 saturated carbocycles. The zero-order valence-corrected chi connectivity index (χ0v) is 32.9. The predicted octanol–water partition coefficient (Wildman–Crippen LogP) is 4.28. The summed E-state index contributed by atoms with van der Waals surface area (Å²) in [4.78, 5) is 66.7. The van der Waals surface area contributed by atoms with Crippen LogP contribution < -0.4 is 19.5 Å². The molecule has 1 saturated heterocycles. The fourth-order valence-corrected chi connectivity index (χ4v) is 8.49. The summed E-state index contributed by atoms with van der Waals surface area (Å²) in [5, 5.41) is 2.90. The number of hydrogen-bond acceptors (Lipinski definition) is 11. The third-order valence-electron chi connectivity index (χ3n) is 11.5. The van der Waals surface area contributed by atoms with Crippen LogP contribution in [-0.2, 0) is 33.9 Å². The lowest BCUT2D eigenvalue weighted by atomic mass is 9.95. The summed E-state index contributed by atoms with van der Waals surface area (Å²) in [6.07, 6.45) is 7.26. The van der Waals surface area contributed by atoms with Gasteiger partial charge in [0.15, 0.2) is 0 Å². The van der Waals surface area contributed by atoms with Gasteiger partial charge in [-0.25, -0.2) is 18.4 Å². The zero-order valence-electron chi connectivity index (χ0n) is 32.1. The molecular formula is C39H53N5O9S. The van der Waals surface area contributed by atoms with Crippen molar-refractivity contribution in [3.05, 3.63) is 36.0 Å². The number of ether oxygens (including phenoxy) is 3. The van der Waals surface area contributed by atoms with Crippen molar-refractivity contribution in [3.63, 3.8) is 0 Å². The van der Waals surface area contributed by atoms with E-state index in [2.05, 4.69) is 20.0 Å². The zero-order chi connectivity index (χ0) is 39.0. The molecule has 3 fully saturated rings. The molecular weight excluding hydrogens is 715 g/mol. The standard InChI is InChI=1S/C39H53N5O9S/c1-23(2)25(4)52-33(45)18-26-12-10-8-7-9-11-13-27-21-39(27,37(48)43-54(49,50)38(5)16-17-38)42-34(46)32-20-29(22-44(32)36(26)47)53-35-24(3)40-30-15-14-28(51-6)19-31(30)41-35/h11,13-15,19,23,25-27,29,32H,7-10,12,16-18,20-22H2,1-6H3,(H,42,46)(H,43,48)/b13-11-/t25-,26+,27+,29+,32-,39+/m0/s1. The lowest BCUT2D eigenvalue weighted by molar-refractivity contribution is -0.155. The van der Waals surface area contributed by atoms with Crippen molar-refractivity contribution >= 4 is 44.7 Å². The van der Waals surface area contributed by atoms with Crippen LogP contribution in [0.2, 0.25) is 0 Å². The van der Waals surface area contributed by atoms with Gasteiger partial charge in [0.05, 0.1) is 35.9 Å². The number of nitrogens with zero attached hydrogens (tertiary/aromatic N) is 3. The maximum atomic E-state index is 14.6. The molecule has 2 N–H and O–H groups in total. The topological polar surface area (TPSA) is 183 Å². The second-order valence-corrected chi connectivity index (χ2v) is 18.2. The Morgan fingerprint density at radius 2 is 1.85 bits per heavy atom. The first-order valence-electron chi connectivity index (χ1n) is 19.1. The number of fused-ring (bicyclic) bond motifs is 3. The maximum absolute atomic E-state index is 14.6. The van der Waals surface area contributed by atoms with Gasteiger partial charge in [0, 0.05) is 24.3 Å². The van der Waals surface area contributed by atoms with Crippen molar-refractivity contribution < 1.29 is 41.8 Å². The Kier molecular flexibility index (Phi) is 11.3. The van der Waals surface area contributed by atoms with Crippen LogP contribution >= 0.6 is 0 Å². The summed E-state index contributed by atoms with van der Waals surface area (Å²) in [6.45, 7) is 9.08. The van der Waals surface area contributed by atoms with E-state index in [4.69, 9.17) is 14.2 Å². The van der Waals surface area contributed by atoms with Crippen molar-refractivity contribution in [3.8, 4) is 11.6 Å². The quantitative estimate of drug-likeness (QED) is 0.260. The molecule has 14 nitrogen and oxygen atoms in total. The van der Waals surface area contributed by atoms with Gasteiger partial charge in [0.25, 0.3) is 5.91 Å². The summed E-state index contributed by atoms with van der Waals surface area (Å²) in [7, 11) is -2.43. The van der Waals surface area contributed by atoms with Crippen LogP contribution in [0.3, 0.4) is 0 Å². The number of amides is 3. The molecule has 54 heavy (non-hydrogen) atoms. The Morgan fingerprint density at radius 3 is 2.56 bits per heavy atom. The summed E-state index contributed by atoms with van der Waals surface area (Å²) in [6, 6.07) is 4.24. The molecule has 1 aromatic heterocycles. The van der Waals surface area contributed by atoms with E-state index in [1.165, 1.54) is 4.90 Å². The maximum Gasteiger partial charge on any atom is 0.306 e. The van der Waals surface area contributed by atoms with Crippen LogP contribution in [0.25, 0.3) is 11.0 Å². The molecule has 2 aliphatic heterocycles. The highest BCUT2D eigenvalue weighted by molar-refractivity contribution is 7.91. The van der Waals surface area contributed by atoms with Crippen molar-refractivity contribution in [1.82, 2.24) is 24.9 Å². The molecule has 0 bridgehead atoms. The normalized spacial score (nSPS) is 28.1. The van der Waals surface area contributed by atoms with E-state index in [9.17, 15) is 27.6 Å². The molecule has 3 heterocycles. The average Bonchev–Trinajstić information content (AvgIpc) is 4.00. The van der Waals surface area contributed by atoms with E-state index in [-0.39, 0.29) is 49.6 Å². The van der Waals surface area contributed by atoms with Gasteiger partial charge in [-0.1, -0.05) is 38.8 Å². The lowest BCUT2D eigenvalue weighted by Crippen LogP contribution is -2.57. The molecule has 3 amide bonds. The number of nitrogens with one attached hydrogen (secondary N) is 2. The minimum atomic E-state index is -3.98. The summed E-state index contributed by atoms with van der Waals surface area (Å²) >= 11 is 0. The smallest absolute Gasteiger partial charge is 0.306 e.